The average molecular weight is 236 g/mol. The Bertz CT molecular complexity index is 460. The van der Waals surface area contributed by atoms with Crippen LogP contribution in [0.1, 0.15) is 29.8 Å². The van der Waals surface area contributed by atoms with E-state index in [9.17, 15) is 9.59 Å². The summed E-state index contributed by atoms with van der Waals surface area (Å²) in [5, 5.41) is 9.00. The number of ether oxygens (including phenoxy) is 1. The number of rotatable bonds is 4. The second-order valence-electron chi connectivity index (χ2n) is 4.44. The van der Waals surface area contributed by atoms with Gasteiger partial charge in [0.25, 0.3) is 0 Å². The second kappa shape index (κ2) is 4.57. The first-order chi connectivity index (χ1) is 7.80. The van der Waals surface area contributed by atoms with Crippen LogP contribution >= 0.6 is 0 Å². The van der Waals surface area contributed by atoms with E-state index in [2.05, 4.69) is 0 Å². The van der Waals surface area contributed by atoms with Crippen LogP contribution in [0.25, 0.3) is 0 Å². The highest BCUT2D eigenvalue weighted by molar-refractivity contribution is 6.11. The van der Waals surface area contributed by atoms with Crippen molar-refractivity contribution in [2.24, 2.45) is 5.41 Å². The van der Waals surface area contributed by atoms with E-state index in [0.717, 1.165) is 5.56 Å². The van der Waals surface area contributed by atoms with Crippen molar-refractivity contribution in [3.8, 4) is 5.75 Å². The van der Waals surface area contributed by atoms with E-state index in [0.29, 0.717) is 11.3 Å². The lowest BCUT2D eigenvalue weighted by atomic mass is 9.84. The van der Waals surface area contributed by atoms with Crippen LogP contribution in [-0.4, -0.2) is 24.0 Å². The number of hydrogen-bond acceptors (Lipinski definition) is 3. The normalized spacial score (nSPS) is 11.1. The Balaban J connectivity index is 3.14. The SMILES string of the molecule is COc1ccc(C(=O)C(C)(C)C(=O)O)cc1C. The molecule has 0 saturated carbocycles. The number of ketones is 1. The maximum atomic E-state index is 12.0. The Hall–Kier alpha value is -1.84. The predicted molar refractivity (Wildman–Crippen MR) is 63.5 cm³/mol. The molecule has 1 rings (SSSR count). The van der Waals surface area contributed by atoms with Gasteiger partial charge in [0.1, 0.15) is 11.2 Å². The minimum Gasteiger partial charge on any atom is -0.496 e. The minimum atomic E-state index is -1.42. The molecule has 4 nitrogen and oxygen atoms in total. The average Bonchev–Trinajstić information content (AvgIpc) is 2.27. The first-order valence-electron chi connectivity index (χ1n) is 5.23. The molecule has 0 aliphatic carbocycles. The van der Waals surface area contributed by atoms with Gasteiger partial charge >= 0.3 is 5.97 Å². The predicted octanol–water partition coefficient (Wildman–Crippen LogP) is 2.30. The van der Waals surface area contributed by atoms with E-state index in [4.69, 9.17) is 9.84 Å². The van der Waals surface area contributed by atoms with E-state index >= 15 is 0 Å². The fourth-order valence-electron chi connectivity index (χ4n) is 1.48. The number of carbonyl (C=O) groups is 2. The Labute approximate surface area is 100 Å². The van der Waals surface area contributed by atoms with E-state index in [1.807, 2.05) is 6.92 Å². The summed E-state index contributed by atoms with van der Waals surface area (Å²) >= 11 is 0. The Morgan fingerprint density at radius 3 is 2.29 bits per heavy atom. The molecule has 0 amide bonds. The van der Waals surface area contributed by atoms with Crippen molar-refractivity contribution in [3.63, 3.8) is 0 Å². The number of carbonyl (C=O) groups excluding carboxylic acids is 1. The molecular formula is C13H16O4. The number of benzene rings is 1. The summed E-state index contributed by atoms with van der Waals surface area (Å²) in [4.78, 5) is 23.0. The van der Waals surface area contributed by atoms with Crippen molar-refractivity contribution < 1.29 is 19.4 Å². The lowest BCUT2D eigenvalue weighted by Crippen LogP contribution is -2.33. The first-order valence-corrected chi connectivity index (χ1v) is 5.23. The summed E-state index contributed by atoms with van der Waals surface area (Å²) in [5.41, 5.74) is -0.226. The molecule has 0 spiro atoms. The Morgan fingerprint density at radius 1 is 1.29 bits per heavy atom. The molecule has 0 radical (unpaired) electrons. The van der Waals surface area contributed by atoms with Gasteiger partial charge in [0.2, 0.25) is 0 Å². The number of carboxylic acids is 1. The number of hydrogen-bond donors (Lipinski definition) is 1. The van der Waals surface area contributed by atoms with Gasteiger partial charge in [-0.25, -0.2) is 0 Å². The van der Waals surface area contributed by atoms with Gasteiger partial charge in [-0.3, -0.25) is 9.59 Å². The molecule has 0 saturated heterocycles. The van der Waals surface area contributed by atoms with Crippen LogP contribution in [0.15, 0.2) is 18.2 Å². The summed E-state index contributed by atoms with van der Waals surface area (Å²) in [6.45, 7) is 4.61. The van der Waals surface area contributed by atoms with Crippen LogP contribution in [0, 0.1) is 12.3 Å². The van der Waals surface area contributed by atoms with Gasteiger partial charge in [-0.15, -0.1) is 0 Å². The second-order valence-corrected chi connectivity index (χ2v) is 4.44. The molecule has 0 unspecified atom stereocenters. The van der Waals surface area contributed by atoms with Crippen molar-refractivity contribution in [1.82, 2.24) is 0 Å². The molecule has 0 atom stereocenters. The van der Waals surface area contributed by atoms with Gasteiger partial charge in [0.05, 0.1) is 7.11 Å². The lowest BCUT2D eigenvalue weighted by molar-refractivity contribution is -0.144. The number of methoxy groups -OCH3 is 1. The third kappa shape index (κ3) is 2.46. The lowest BCUT2D eigenvalue weighted by Gasteiger charge is -2.18. The third-order valence-corrected chi connectivity index (χ3v) is 2.76. The molecule has 0 aliphatic rings. The van der Waals surface area contributed by atoms with Crippen LogP contribution < -0.4 is 4.74 Å². The molecule has 92 valence electrons. The van der Waals surface area contributed by atoms with Crippen LogP contribution in [0.5, 0.6) is 5.75 Å². The zero-order valence-electron chi connectivity index (χ0n) is 10.4. The topological polar surface area (TPSA) is 63.6 Å². The van der Waals surface area contributed by atoms with Gasteiger partial charge in [-0.1, -0.05) is 0 Å². The van der Waals surface area contributed by atoms with E-state index < -0.39 is 17.2 Å². The van der Waals surface area contributed by atoms with E-state index in [1.54, 1.807) is 25.3 Å². The van der Waals surface area contributed by atoms with Gasteiger partial charge in [0.15, 0.2) is 5.78 Å². The standard InChI is InChI=1S/C13H16O4/c1-8-7-9(5-6-10(8)17-4)11(14)13(2,3)12(15)16/h5-7H,1-4H3,(H,15,16). The van der Waals surface area contributed by atoms with Crippen LogP contribution in [0.2, 0.25) is 0 Å². The molecule has 0 heterocycles. The van der Waals surface area contributed by atoms with Crippen molar-refractivity contribution >= 4 is 11.8 Å². The van der Waals surface area contributed by atoms with Crippen LogP contribution in [0.4, 0.5) is 0 Å². The number of carboxylic acid groups (broad SMARTS) is 1. The van der Waals surface area contributed by atoms with Gasteiger partial charge in [-0.2, -0.15) is 0 Å². The molecule has 17 heavy (non-hydrogen) atoms. The van der Waals surface area contributed by atoms with Gasteiger partial charge in [0, 0.05) is 5.56 Å². The Morgan fingerprint density at radius 2 is 1.88 bits per heavy atom. The molecule has 1 N–H and O–H groups in total. The first kappa shape index (κ1) is 13.2. The van der Waals surface area contributed by atoms with Gasteiger partial charge < -0.3 is 9.84 Å². The molecule has 0 bridgehead atoms. The van der Waals surface area contributed by atoms with Crippen molar-refractivity contribution in [1.29, 1.82) is 0 Å². The highest BCUT2D eigenvalue weighted by atomic mass is 16.5. The highest BCUT2D eigenvalue weighted by Gasteiger charge is 2.36. The van der Waals surface area contributed by atoms with E-state index in [1.165, 1.54) is 13.8 Å². The molecule has 1 aromatic rings. The molecule has 1 aromatic carbocycles. The zero-order chi connectivity index (χ0) is 13.2. The maximum absolute atomic E-state index is 12.0. The molecule has 0 aliphatic heterocycles. The zero-order valence-corrected chi connectivity index (χ0v) is 10.4. The summed E-state index contributed by atoms with van der Waals surface area (Å²) in [5.74, 6) is -0.860. The molecular weight excluding hydrogens is 220 g/mol. The number of aliphatic carboxylic acids is 1. The summed E-state index contributed by atoms with van der Waals surface area (Å²) < 4.78 is 5.09. The smallest absolute Gasteiger partial charge is 0.316 e. The van der Waals surface area contributed by atoms with Gasteiger partial charge in [-0.05, 0) is 44.5 Å². The summed E-state index contributed by atoms with van der Waals surface area (Å²) in [7, 11) is 1.55. The molecule has 0 fully saturated rings. The maximum Gasteiger partial charge on any atom is 0.316 e. The van der Waals surface area contributed by atoms with Crippen molar-refractivity contribution in [3.05, 3.63) is 29.3 Å². The van der Waals surface area contributed by atoms with Crippen molar-refractivity contribution in [2.45, 2.75) is 20.8 Å². The Kier molecular flexibility index (Phi) is 3.56. The minimum absolute atomic E-state index is 0.385. The van der Waals surface area contributed by atoms with Crippen LogP contribution in [0.3, 0.4) is 0 Å². The quantitative estimate of drug-likeness (QED) is 0.643. The number of aryl methyl sites for hydroxylation is 1. The van der Waals surface area contributed by atoms with Crippen LogP contribution in [-0.2, 0) is 4.79 Å². The van der Waals surface area contributed by atoms with E-state index in [-0.39, 0.29) is 0 Å². The number of Topliss-reactive ketones (excluding diaryl/α,β-unsaturated/α-hetero) is 1. The monoisotopic (exact) mass is 236 g/mol. The fraction of sp³-hybridized carbons (Fsp3) is 0.385. The molecule has 4 heteroatoms. The summed E-state index contributed by atoms with van der Waals surface area (Å²) in [6, 6.07) is 4.89. The highest BCUT2D eigenvalue weighted by Crippen LogP contribution is 2.25. The van der Waals surface area contributed by atoms with Crippen molar-refractivity contribution in [2.75, 3.05) is 7.11 Å². The largest absolute Gasteiger partial charge is 0.496 e. The molecule has 0 aromatic heterocycles. The third-order valence-electron chi connectivity index (χ3n) is 2.76. The fourth-order valence-corrected chi connectivity index (χ4v) is 1.48. The summed E-state index contributed by atoms with van der Waals surface area (Å²) in [6.07, 6.45) is 0.